The summed E-state index contributed by atoms with van der Waals surface area (Å²) in [6.45, 7) is 8.90. The number of amides is 1. The van der Waals surface area contributed by atoms with Crippen LogP contribution in [0, 0.1) is 11.8 Å². The summed E-state index contributed by atoms with van der Waals surface area (Å²) in [6, 6.07) is 0. The van der Waals surface area contributed by atoms with E-state index in [1.807, 2.05) is 6.92 Å². The van der Waals surface area contributed by atoms with Crippen LogP contribution in [-0.2, 0) is 11.3 Å². The number of carbonyl (C=O) groups excluding carboxylic acids is 1. The molecule has 0 bridgehead atoms. The summed E-state index contributed by atoms with van der Waals surface area (Å²) in [5, 5.41) is 9.26. The number of anilines is 2. The molecule has 0 radical (unpaired) electrons. The summed E-state index contributed by atoms with van der Waals surface area (Å²) >= 11 is 0. The Kier molecular flexibility index (Phi) is 8.09. The first kappa shape index (κ1) is 21.2. The maximum atomic E-state index is 12.8. The van der Waals surface area contributed by atoms with Gasteiger partial charge in [0.05, 0.1) is 0 Å². The zero-order valence-electron chi connectivity index (χ0n) is 16.7. The van der Waals surface area contributed by atoms with Crippen molar-refractivity contribution in [3.63, 3.8) is 0 Å². The largest absolute Gasteiger partial charge is 0.378 e. The van der Waals surface area contributed by atoms with Crippen molar-refractivity contribution >= 4 is 17.4 Å². The van der Waals surface area contributed by atoms with Gasteiger partial charge in [-0.3, -0.25) is 19.1 Å². The first-order chi connectivity index (χ1) is 12.9. The number of aromatic amines is 1. The molecule has 0 spiro atoms. The Morgan fingerprint density at radius 3 is 2.59 bits per heavy atom. The van der Waals surface area contributed by atoms with Crippen LogP contribution in [0.4, 0.5) is 11.5 Å². The van der Waals surface area contributed by atoms with E-state index in [1.54, 1.807) is 0 Å². The zero-order chi connectivity index (χ0) is 19.8. The second-order valence-electron chi connectivity index (χ2n) is 7.61. The van der Waals surface area contributed by atoms with Crippen molar-refractivity contribution < 1.29 is 4.79 Å². The number of nitrogens with zero attached hydrogens (tertiary/aromatic N) is 1. The second-order valence-corrected chi connectivity index (χ2v) is 7.61. The molecule has 2 rings (SSSR count). The average Bonchev–Trinajstić information content (AvgIpc) is 2.64. The van der Waals surface area contributed by atoms with Gasteiger partial charge < -0.3 is 16.0 Å². The van der Waals surface area contributed by atoms with E-state index in [0.717, 1.165) is 45.2 Å². The van der Waals surface area contributed by atoms with Gasteiger partial charge in [0.15, 0.2) is 0 Å². The highest BCUT2D eigenvalue weighted by atomic mass is 16.2. The summed E-state index contributed by atoms with van der Waals surface area (Å²) in [5.41, 5.74) is -0.700. The fraction of sp³-hybridized carbons (Fsp3) is 0.737. The minimum Gasteiger partial charge on any atom is -0.378 e. The highest BCUT2D eigenvalue weighted by molar-refractivity contribution is 5.94. The zero-order valence-corrected chi connectivity index (χ0v) is 16.7. The lowest BCUT2D eigenvalue weighted by Gasteiger charge is -2.24. The molecule has 4 N–H and O–H groups in total. The molecule has 1 aromatic heterocycles. The maximum absolute atomic E-state index is 12.8. The van der Waals surface area contributed by atoms with Crippen LogP contribution in [0.2, 0.25) is 0 Å². The quantitative estimate of drug-likeness (QED) is 0.523. The van der Waals surface area contributed by atoms with E-state index < -0.39 is 11.2 Å². The van der Waals surface area contributed by atoms with E-state index >= 15 is 0 Å². The Morgan fingerprint density at radius 2 is 1.96 bits per heavy atom. The summed E-state index contributed by atoms with van der Waals surface area (Å²) in [4.78, 5) is 39.9. The Balaban J connectivity index is 2.33. The average molecular weight is 380 g/mol. The number of hydrogen-bond acceptors (Lipinski definition) is 5. The lowest BCUT2D eigenvalue weighted by atomic mass is 9.97. The number of aromatic nitrogens is 2. The summed E-state index contributed by atoms with van der Waals surface area (Å²) in [6.07, 6.45) is 4.08. The van der Waals surface area contributed by atoms with Crippen molar-refractivity contribution in [2.75, 3.05) is 30.3 Å². The number of hydrogen-bond donors (Lipinski definition) is 4. The topological polar surface area (TPSA) is 108 Å². The maximum Gasteiger partial charge on any atom is 0.330 e. The number of piperidine rings is 1. The lowest BCUT2D eigenvalue weighted by molar-refractivity contribution is -0.120. The predicted octanol–water partition coefficient (Wildman–Crippen LogP) is 1.73. The second kappa shape index (κ2) is 10.3. The molecule has 2 heterocycles. The molecular weight excluding hydrogens is 346 g/mol. The number of H-pyrrole nitrogens is 1. The van der Waals surface area contributed by atoms with Gasteiger partial charge in [0.2, 0.25) is 5.91 Å². The number of rotatable bonds is 9. The number of carbonyl (C=O) groups is 1. The van der Waals surface area contributed by atoms with E-state index in [-0.39, 0.29) is 17.5 Å². The van der Waals surface area contributed by atoms with Gasteiger partial charge in [-0.1, -0.05) is 27.2 Å². The Hall–Kier alpha value is -2.09. The van der Waals surface area contributed by atoms with E-state index in [1.165, 1.54) is 4.57 Å². The highest BCUT2D eigenvalue weighted by Gasteiger charge is 2.24. The van der Waals surface area contributed by atoms with Gasteiger partial charge in [-0.2, -0.15) is 0 Å². The number of nitrogens with one attached hydrogen (secondary N) is 4. The summed E-state index contributed by atoms with van der Waals surface area (Å²) < 4.78 is 1.47. The van der Waals surface area contributed by atoms with Gasteiger partial charge in [-0.25, -0.2) is 4.79 Å². The molecule has 27 heavy (non-hydrogen) atoms. The standard InChI is InChI=1S/C19H33N5O3/c1-4-5-12-24-16(22-17(25)14-7-9-20-10-8-14)15(18(26)23-19(24)27)21-11-6-13(2)3/h13-14,20-21H,4-12H2,1-3H3,(H,22,25)(H,23,26,27). The highest BCUT2D eigenvalue weighted by Crippen LogP contribution is 2.20. The third kappa shape index (κ3) is 5.95. The van der Waals surface area contributed by atoms with Crippen LogP contribution in [0.1, 0.15) is 52.9 Å². The van der Waals surface area contributed by atoms with Gasteiger partial charge in [-0.15, -0.1) is 0 Å². The first-order valence-corrected chi connectivity index (χ1v) is 10.1. The molecule has 152 valence electrons. The Bertz CT molecular complexity index is 732. The van der Waals surface area contributed by atoms with Crippen molar-refractivity contribution in [2.24, 2.45) is 11.8 Å². The Morgan fingerprint density at radius 1 is 1.26 bits per heavy atom. The van der Waals surface area contributed by atoms with Crippen LogP contribution in [0.3, 0.4) is 0 Å². The molecular formula is C19H33N5O3. The monoisotopic (exact) mass is 379 g/mol. The molecule has 1 aliphatic heterocycles. The SMILES string of the molecule is CCCCn1c(NC(=O)C2CCNCC2)c(NCCC(C)C)c(=O)[nH]c1=O. The van der Waals surface area contributed by atoms with E-state index in [9.17, 15) is 14.4 Å². The molecule has 1 amide bonds. The molecule has 1 aliphatic rings. The predicted molar refractivity (Wildman–Crippen MR) is 108 cm³/mol. The van der Waals surface area contributed by atoms with Gasteiger partial charge in [0, 0.05) is 19.0 Å². The molecule has 0 aromatic carbocycles. The molecule has 1 aromatic rings. The summed E-state index contributed by atoms with van der Waals surface area (Å²) in [5.74, 6) is 0.544. The molecule has 8 nitrogen and oxygen atoms in total. The normalized spacial score (nSPS) is 15.1. The first-order valence-electron chi connectivity index (χ1n) is 10.1. The van der Waals surface area contributed by atoms with Crippen LogP contribution >= 0.6 is 0 Å². The number of unbranched alkanes of at least 4 members (excludes halogenated alkanes) is 1. The van der Waals surface area contributed by atoms with Gasteiger partial charge in [0.1, 0.15) is 11.5 Å². The Labute approximate surface area is 160 Å². The fourth-order valence-electron chi connectivity index (χ4n) is 3.18. The van der Waals surface area contributed by atoms with Crippen molar-refractivity contribution in [3.8, 4) is 0 Å². The minimum absolute atomic E-state index is 0.108. The third-order valence-corrected chi connectivity index (χ3v) is 4.91. The van der Waals surface area contributed by atoms with Gasteiger partial charge >= 0.3 is 5.69 Å². The van der Waals surface area contributed by atoms with Gasteiger partial charge in [-0.05, 0) is 44.7 Å². The van der Waals surface area contributed by atoms with Crippen LogP contribution in [0.25, 0.3) is 0 Å². The molecule has 0 atom stereocenters. The van der Waals surface area contributed by atoms with Crippen LogP contribution in [-0.4, -0.2) is 35.1 Å². The van der Waals surface area contributed by atoms with E-state index in [4.69, 9.17) is 0 Å². The van der Waals surface area contributed by atoms with Crippen molar-refractivity contribution in [2.45, 2.75) is 59.4 Å². The van der Waals surface area contributed by atoms with Crippen LogP contribution in [0.5, 0.6) is 0 Å². The lowest BCUT2D eigenvalue weighted by Crippen LogP contribution is -2.39. The van der Waals surface area contributed by atoms with Crippen molar-refractivity contribution in [1.29, 1.82) is 0 Å². The van der Waals surface area contributed by atoms with E-state index in [2.05, 4.69) is 34.8 Å². The van der Waals surface area contributed by atoms with Crippen LogP contribution < -0.4 is 27.2 Å². The van der Waals surface area contributed by atoms with Crippen molar-refractivity contribution in [1.82, 2.24) is 14.9 Å². The molecule has 0 aliphatic carbocycles. The minimum atomic E-state index is -0.489. The molecule has 1 saturated heterocycles. The molecule has 8 heteroatoms. The van der Waals surface area contributed by atoms with Gasteiger partial charge in [0.25, 0.3) is 5.56 Å². The van der Waals surface area contributed by atoms with Crippen molar-refractivity contribution in [3.05, 3.63) is 20.8 Å². The molecule has 0 unspecified atom stereocenters. The molecule has 1 fully saturated rings. The third-order valence-electron chi connectivity index (χ3n) is 4.91. The fourth-order valence-corrected chi connectivity index (χ4v) is 3.18. The van der Waals surface area contributed by atoms with Crippen LogP contribution in [0.15, 0.2) is 9.59 Å². The smallest absolute Gasteiger partial charge is 0.330 e. The van der Waals surface area contributed by atoms with E-state index in [0.29, 0.717) is 24.8 Å². The summed E-state index contributed by atoms with van der Waals surface area (Å²) in [7, 11) is 0. The molecule has 0 saturated carbocycles.